The second-order valence-electron chi connectivity index (χ2n) is 4.50. The van der Waals surface area contributed by atoms with E-state index in [9.17, 15) is 4.39 Å². The molecule has 2 aromatic carbocycles. The number of nitrogens with zero attached hydrogens (tertiary/aromatic N) is 2. The molecule has 19 heavy (non-hydrogen) atoms. The number of hydrogen-bond acceptors (Lipinski definition) is 1. The molecule has 0 bridgehead atoms. The number of rotatable bonds is 2. The Morgan fingerprint density at radius 1 is 1.16 bits per heavy atom. The molecule has 0 fully saturated rings. The molecule has 96 valence electrons. The second-order valence-corrected chi connectivity index (χ2v) is 5.35. The number of aryl methyl sites for hydroxylation is 1. The molecule has 1 heterocycles. The largest absolute Gasteiger partial charge is 0.331 e. The number of fused-ring (bicyclic) bond motifs is 1. The molecule has 0 saturated heterocycles. The average molecular weight is 319 g/mol. The molecule has 3 rings (SSSR count). The van der Waals surface area contributed by atoms with E-state index in [2.05, 4.69) is 25.5 Å². The van der Waals surface area contributed by atoms with Crippen LogP contribution in [0.4, 0.5) is 4.39 Å². The van der Waals surface area contributed by atoms with Gasteiger partial charge in [-0.2, -0.15) is 0 Å². The van der Waals surface area contributed by atoms with Crippen molar-refractivity contribution in [2.75, 3.05) is 0 Å². The van der Waals surface area contributed by atoms with Crippen LogP contribution in [-0.2, 0) is 13.5 Å². The molecule has 0 unspecified atom stereocenters. The fourth-order valence-electron chi connectivity index (χ4n) is 2.17. The third-order valence-corrected chi connectivity index (χ3v) is 3.87. The summed E-state index contributed by atoms with van der Waals surface area (Å²) < 4.78 is 16.0. The zero-order valence-electron chi connectivity index (χ0n) is 10.4. The van der Waals surface area contributed by atoms with Gasteiger partial charge in [-0.1, -0.05) is 18.2 Å². The molecule has 0 aliphatic carbocycles. The average Bonchev–Trinajstić information content (AvgIpc) is 2.72. The number of aromatic nitrogens is 2. The Kier molecular flexibility index (Phi) is 3.11. The van der Waals surface area contributed by atoms with Crippen molar-refractivity contribution in [3.05, 3.63) is 64.1 Å². The molecule has 1 aromatic heterocycles. The maximum Gasteiger partial charge on any atom is 0.123 e. The Morgan fingerprint density at radius 2 is 1.89 bits per heavy atom. The fourth-order valence-corrected chi connectivity index (χ4v) is 2.62. The third kappa shape index (κ3) is 2.28. The number of para-hydroxylation sites is 1. The van der Waals surface area contributed by atoms with Crippen LogP contribution < -0.4 is 0 Å². The summed E-state index contributed by atoms with van der Waals surface area (Å²) in [4.78, 5) is 4.65. The summed E-state index contributed by atoms with van der Waals surface area (Å²) in [5.74, 6) is 0.755. The number of imidazole rings is 1. The first-order chi connectivity index (χ1) is 9.15. The van der Waals surface area contributed by atoms with Crippen LogP contribution in [0.5, 0.6) is 0 Å². The molecule has 0 radical (unpaired) electrons. The lowest BCUT2D eigenvalue weighted by molar-refractivity contribution is 0.627. The van der Waals surface area contributed by atoms with Gasteiger partial charge in [-0.15, -0.1) is 0 Å². The highest BCUT2D eigenvalue weighted by Crippen LogP contribution is 2.24. The summed E-state index contributed by atoms with van der Waals surface area (Å²) >= 11 is 3.51. The van der Waals surface area contributed by atoms with Gasteiger partial charge >= 0.3 is 0 Å². The van der Waals surface area contributed by atoms with Crippen LogP contribution in [0.15, 0.2) is 46.9 Å². The Bertz CT molecular complexity index is 732. The lowest BCUT2D eigenvalue weighted by Gasteiger charge is -2.02. The first-order valence-electron chi connectivity index (χ1n) is 5.99. The van der Waals surface area contributed by atoms with Gasteiger partial charge in [0.1, 0.15) is 17.2 Å². The van der Waals surface area contributed by atoms with Gasteiger partial charge in [0.25, 0.3) is 0 Å². The summed E-state index contributed by atoms with van der Waals surface area (Å²) in [6.45, 7) is 0. The van der Waals surface area contributed by atoms with Gasteiger partial charge in [0.2, 0.25) is 0 Å². The number of hydrogen-bond donors (Lipinski definition) is 0. The van der Waals surface area contributed by atoms with Gasteiger partial charge in [-0.05, 0) is 45.8 Å². The molecule has 0 aliphatic rings. The fraction of sp³-hybridized carbons (Fsp3) is 0.133. The molecule has 0 N–H and O–H groups in total. The highest BCUT2D eigenvalue weighted by atomic mass is 79.9. The van der Waals surface area contributed by atoms with Gasteiger partial charge in [-0.25, -0.2) is 9.37 Å². The highest BCUT2D eigenvalue weighted by Gasteiger charge is 2.10. The molecule has 2 nitrogen and oxygen atoms in total. The Labute approximate surface area is 119 Å². The highest BCUT2D eigenvalue weighted by molar-refractivity contribution is 9.10. The first kappa shape index (κ1) is 12.4. The van der Waals surface area contributed by atoms with Gasteiger partial charge in [-0.3, -0.25) is 0 Å². The summed E-state index contributed by atoms with van der Waals surface area (Å²) in [7, 11) is 2.00. The van der Waals surface area contributed by atoms with Gasteiger partial charge < -0.3 is 4.57 Å². The van der Waals surface area contributed by atoms with Crippen molar-refractivity contribution in [1.29, 1.82) is 0 Å². The van der Waals surface area contributed by atoms with E-state index in [1.165, 1.54) is 12.1 Å². The van der Waals surface area contributed by atoms with Crippen molar-refractivity contribution in [2.24, 2.45) is 7.05 Å². The van der Waals surface area contributed by atoms with E-state index in [1.807, 2.05) is 25.2 Å². The van der Waals surface area contributed by atoms with E-state index in [0.717, 1.165) is 26.9 Å². The van der Waals surface area contributed by atoms with Crippen molar-refractivity contribution in [2.45, 2.75) is 6.42 Å². The summed E-state index contributed by atoms with van der Waals surface area (Å²) in [6, 6.07) is 12.6. The zero-order valence-corrected chi connectivity index (χ0v) is 12.0. The number of benzene rings is 2. The topological polar surface area (TPSA) is 17.8 Å². The molecule has 3 aromatic rings. The predicted molar refractivity (Wildman–Crippen MR) is 77.6 cm³/mol. The van der Waals surface area contributed by atoms with E-state index in [4.69, 9.17) is 0 Å². The molecule has 4 heteroatoms. The van der Waals surface area contributed by atoms with Gasteiger partial charge in [0, 0.05) is 17.9 Å². The van der Waals surface area contributed by atoms with Gasteiger partial charge in [0.15, 0.2) is 0 Å². The molecule has 0 amide bonds. The Hall–Kier alpha value is -1.68. The van der Waals surface area contributed by atoms with Crippen molar-refractivity contribution in [3.63, 3.8) is 0 Å². The van der Waals surface area contributed by atoms with Gasteiger partial charge in [0.05, 0.1) is 5.52 Å². The standard InChI is InChI=1S/C15H12BrFN2/c1-19-13-4-2-3-12(16)15(13)18-14(19)9-10-5-7-11(17)8-6-10/h2-8H,9H2,1H3. The summed E-state index contributed by atoms with van der Waals surface area (Å²) in [6.07, 6.45) is 0.692. The van der Waals surface area contributed by atoms with Crippen molar-refractivity contribution in [1.82, 2.24) is 9.55 Å². The molecular formula is C15H12BrFN2. The first-order valence-corrected chi connectivity index (χ1v) is 6.79. The molecular weight excluding hydrogens is 307 g/mol. The van der Waals surface area contributed by atoms with Crippen LogP contribution >= 0.6 is 15.9 Å². The van der Waals surface area contributed by atoms with Crippen LogP contribution in [0.2, 0.25) is 0 Å². The second kappa shape index (κ2) is 4.78. The Morgan fingerprint density at radius 3 is 2.58 bits per heavy atom. The van der Waals surface area contributed by atoms with Crippen LogP contribution in [0.25, 0.3) is 11.0 Å². The third-order valence-electron chi connectivity index (χ3n) is 3.23. The lowest BCUT2D eigenvalue weighted by atomic mass is 10.1. The Balaban J connectivity index is 2.03. The van der Waals surface area contributed by atoms with Crippen LogP contribution in [0.3, 0.4) is 0 Å². The quantitative estimate of drug-likeness (QED) is 0.696. The monoisotopic (exact) mass is 318 g/mol. The van der Waals surface area contributed by atoms with E-state index >= 15 is 0 Å². The molecule has 0 saturated carbocycles. The van der Waals surface area contributed by atoms with E-state index in [1.54, 1.807) is 12.1 Å². The van der Waals surface area contributed by atoms with Crippen molar-refractivity contribution >= 4 is 27.0 Å². The summed E-state index contributed by atoms with van der Waals surface area (Å²) in [5.41, 5.74) is 3.10. The summed E-state index contributed by atoms with van der Waals surface area (Å²) in [5, 5.41) is 0. The minimum Gasteiger partial charge on any atom is -0.331 e. The van der Waals surface area contributed by atoms with E-state index in [-0.39, 0.29) is 5.82 Å². The van der Waals surface area contributed by atoms with E-state index in [0.29, 0.717) is 6.42 Å². The molecule has 0 aliphatic heterocycles. The van der Waals surface area contributed by atoms with E-state index < -0.39 is 0 Å². The number of halogens is 2. The van der Waals surface area contributed by atoms with Crippen LogP contribution in [0.1, 0.15) is 11.4 Å². The predicted octanol–water partition coefficient (Wildman–Crippen LogP) is 4.07. The zero-order chi connectivity index (χ0) is 13.4. The normalized spacial score (nSPS) is 11.1. The maximum atomic E-state index is 12.9. The minimum absolute atomic E-state index is 0.212. The van der Waals surface area contributed by atoms with Crippen LogP contribution in [0, 0.1) is 5.82 Å². The molecule has 0 spiro atoms. The minimum atomic E-state index is -0.212. The van der Waals surface area contributed by atoms with Crippen LogP contribution in [-0.4, -0.2) is 9.55 Å². The van der Waals surface area contributed by atoms with Crippen molar-refractivity contribution in [3.8, 4) is 0 Å². The maximum absolute atomic E-state index is 12.9. The lowest BCUT2D eigenvalue weighted by Crippen LogP contribution is -1.99. The smallest absolute Gasteiger partial charge is 0.123 e. The SMILES string of the molecule is Cn1c(Cc2ccc(F)cc2)nc2c(Br)cccc21. The molecule has 0 atom stereocenters. The van der Waals surface area contributed by atoms with Crippen molar-refractivity contribution < 1.29 is 4.39 Å².